The highest BCUT2D eigenvalue weighted by atomic mass is 16.5. The zero-order valence-corrected chi connectivity index (χ0v) is 19.1. The Morgan fingerprint density at radius 2 is 1.24 bits per heavy atom. The molecule has 0 bridgehead atoms. The van der Waals surface area contributed by atoms with Gasteiger partial charge in [-0.25, -0.2) is 0 Å². The van der Waals surface area contributed by atoms with Gasteiger partial charge in [-0.3, -0.25) is 4.79 Å². The zero-order chi connectivity index (χ0) is 23.4. The van der Waals surface area contributed by atoms with E-state index in [1.165, 1.54) is 17.5 Å². The molecule has 1 saturated carbocycles. The van der Waals surface area contributed by atoms with E-state index >= 15 is 0 Å². The first-order chi connectivity index (χ1) is 16.7. The summed E-state index contributed by atoms with van der Waals surface area (Å²) >= 11 is 0. The molecule has 4 aromatic rings. The van der Waals surface area contributed by atoms with Crippen LogP contribution >= 0.6 is 0 Å². The van der Waals surface area contributed by atoms with Crippen molar-refractivity contribution < 1.29 is 14.6 Å². The Hall–Kier alpha value is -3.85. The number of aromatic hydroxyl groups is 1. The van der Waals surface area contributed by atoms with Crippen molar-refractivity contribution in [1.82, 2.24) is 0 Å². The summed E-state index contributed by atoms with van der Waals surface area (Å²) in [6.45, 7) is 0.490. The second-order valence-electron chi connectivity index (χ2n) is 9.03. The van der Waals surface area contributed by atoms with E-state index in [2.05, 4.69) is 24.3 Å². The van der Waals surface area contributed by atoms with Crippen LogP contribution in [0.3, 0.4) is 0 Å². The van der Waals surface area contributed by atoms with Gasteiger partial charge >= 0.3 is 0 Å². The molecule has 1 N–H and O–H groups in total. The second kappa shape index (κ2) is 9.56. The van der Waals surface area contributed by atoms with Gasteiger partial charge in [0.25, 0.3) is 6.47 Å². The summed E-state index contributed by atoms with van der Waals surface area (Å²) in [5, 5.41) is 10.7. The molecular weight excluding hydrogens is 420 g/mol. The summed E-state index contributed by atoms with van der Waals surface area (Å²) in [5.41, 5.74) is 6.05. The average Bonchev–Trinajstić information content (AvgIpc) is 2.91. The molecule has 170 valence electrons. The first-order valence-corrected chi connectivity index (χ1v) is 11.9. The van der Waals surface area contributed by atoms with Gasteiger partial charge in [0.15, 0.2) is 0 Å². The fraction of sp³-hybridized carbons (Fsp3) is 0.194. The van der Waals surface area contributed by atoms with Gasteiger partial charge in [-0.05, 0) is 59.4 Å². The van der Waals surface area contributed by atoms with E-state index < -0.39 is 0 Å². The lowest BCUT2D eigenvalue weighted by Gasteiger charge is -2.39. The minimum atomic E-state index is -0.168. The van der Waals surface area contributed by atoms with E-state index in [-0.39, 0.29) is 5.41 Å². The van der Waals surface area contributed by atoms with Crippen LogP contribution in [0.25, 0.3) is 22.3 Å². The first-order valence-electron chi connectivity index (χ1n) is 11.9. The van der Waals surface area contributed by atoms with Crippen LogP contribution in [0.15, 0.2) is 97.1 Å². The van der Waals surface area contributed by atoms with E-state index in [1.54, 1.807) is 0 Å². The third-order valence-electron chi connectivity index (χ3n) is 7.13. The Kier molecular flexibility index (Phi) is 6.18. The van der Waals surface area contributed by atoms with Crippen molar-refractivity contribution in [3.63, 3.8) is 0 Å². The Balaban J connectivity index is 1.68. The molecule has 1 aliphatic carbocycles. The van der Waals surface area contributed by atoms with Crippen LogP contribution in [0.2, 0.25) is 0 Å². The molecule has 0 heterocycles. The topological polar surface area (TPSA) is 46.5 Å². The van der Waals surface area contributed by atoms with E-state index in [9.17, 15) is 9.90 Å². The molecule has 3 heteroatoms. The van der Waals surface area contributed by atoms with Crippen molar-refractivity contribution >= 4 is 6.47 Å². The van der Waals surface area contributed by atoms with Crippen LogP contribution in [0.5, 0.6) is 11.5 Å². The van der Waals surface area contributed by atoms with Crippen molar-refractivity contribution in [2.45, 2.75) is 37.5 Å². The van der Waals surface area contributed by atoms with Gasteiger partial charge in [-0.15, -0.1) is 0 Å². The molecule has 0 unspecified atom stereocenters. The number of benzene rings is 4. The van der Waals surface area contributed by atoms with Crippen molar-refractivity contribution in [3.8, 4) is 33.8 Å². The van der Waals surface area contributed by atoms with Crippen molar-refractivity contribution in [1.29, 1.82) is 0 Å². The highest BCUT2D eigenvalue weighted by Gasteiger charge is 2.36. The predicted molar refractivity (Wildman–Crippen MR) is 136 cm³/mol. The monoisotopic (exact) mass is 448 g/mol. The molecule has 4 aromatic carbocycles. The molecule has 34 heavy (non-hydrogen) atoms. The molecule has 0 radical (unpaired) electrons. The lowest BCUT2D eigenvalue weighted by Crippen LogP contribution is -2.30. The van der Waals surface area contributed by atoms with Gasteiger partial charge in [-0.2, -0.15) is 0 Å². The smallest absolute Gasteiger partial charge is 0.298 e. The van der Waals surface area contributed by atoms with Gasteiger partial charge in [0.2, 0.25) is 0 Å². The molecule has 0 saturated heterocycles. The Bertz CT molecular complexity index is 1270. The minimum absolute atomic E-state index is 0.168. The van der Waals surface area contributed by atoms with Crippen LogP contribution < -0.4 is 4.74 Å². The summed E-state index contributed by atoms with van der Waals surface area (Å²) in [6.07, 6.45) is 5.59. The number of hydrogen-bond acceptors (Lipinski definition) is 3. The second-order valence-corrected chi connectivity index (χ2v) is 9.03. The largest absolute Gasteiger partial charge is 0.507 e. The highest BCUT2D eigenvalue weighted by Crippen LogP contribution is 2.48. The normalized spacial score (nSPS) is 14.9. The molecule has 1 fully saturated rings. The summed E-state index contributed by atoms with van der Waals surface area (Å²) in [7, 11) is 0. The van der Waals surface area contributed by atoms with Crippen LogP contribution in [-0.4, -0.2) is 11.6 Å². The maximum atomic E-state index is 11.2. The molecule has 0 aliphatic heterocycles. The van der Waals surface area contributed by atoms with Gasteiger partial charge in [0.05, 0.1) is 0 Å². The van der Waals surface area contributed by atoms with E-state index in [0.717, 1.165) is 47.9 Å². The van der Waals surface area contributed by atoms with Crippen LogP contribution in [0.1, 0.15) is 43.2 Å². The summed E-state index contributed by atoms with van der Waals surface area (Å²) in [6, 6.07) is 32.4. The van der Waals surface area contributed by atoms with Crippen LogP contribution in [0, 0.1) is 0 Å². The molecule has 0 aromatic heterocycles. The van der Waals surface area contributed by atoms with Crippen molar-refractivity contribution in [2.24, 2.45) is 0 Å². The quantitative estimate of drug-likeness (QED) is 0.310. The Labute approximate surface area is 200 Å². The molecule has 0 spiro atoms. The summed E-state index contributed by atoms with van der Waals surface area (Å²) in [5.74, 6) is 0.854. The number of ether oxygens (including phenoxy) is 1. The number of carbonyl (C=O) groups is 1. The Morgan fingerprint density at radius 1 is 0.676 bits per heavy atom. The number of rotatable bonds is 6. The molecule has 0 atom stereocenters. The fourth-order valence-corrected chi connectivity index (χ4v) is 5.41. The molecule has 1 aliphatic rings. The van der Waals surface area contributed by atoms with Crippen LogP contribution in [-0.2, 0) is 10.2 Å². The van der Waals surface area contributed by atoms with Gasteiger partial charge < -0.3 is 9.84 Å². The lowest BCUT2D eigenvalue weighted by atomic mass is 9.64. The maximum absolute atomic E-state index is 11.2. The molecule has 0 amide bonds. The number of phenols is 1. The van der Waals surface area contributed by atoms with Crippen LogP contribution in [0.4, 0.5) is 0 Å². The van der Waals surface area contributed by atoms with Gasteiger partial charge in [0.1, 0.15) is 11.5 Å². The summed E-state index contributed by atoms with van der Waals surface area (Å²) < 4.78 is 5.35. The number of phenolic OH excluding ortho intramolecular Hbond substituents is 1. The van der Waals surface area contributed by atoms with E-state index in [4.69, 9.17) is 4.74 Å². The van der Waals surface area contributed by atoms with Crippen molar-refractivity contribution in [2.75, 3.05) is 0 Å². The summed E-state index contributed by atoms with van der Waals surface area (Å²) in [4.78, 5) is 11.2. The third kappa shape index (κ3) is 4.10. The molecule has 3 nitrogen and oxygen atoms in total. The maximum Gasteiger partial charge on any atom is 0.298 e. The van der Waals surface area contributed by atoms with Gasteiger partial charge in [0, 0.05) is 16.5 Å². The van der Waals surface area contributed by atoms with E-state index in [0.29, 0.717) is 18.0 Å². The van der Waals surface area contributed by atoms with Gasteiger partial charge in [-0.1, -0.05) is 92.1 Å². The third-order valence-corrected chi connectivity index (χ3v) is 7.13. The Morgan fingerprint density at radius 3 is 1.85 bits per heavy atom. The average molecular weight is 449 g/mol. The number of hydrogen-bond donors (Lipinski definition) is 1. The number of carbonyl (C=O) groups excluding carboxylic acids is 1. The fourth-order valence-electron chi connectivity index (χ4n) is 5.41. The first kappa shape index (κ1) is 22.0. The van der Waals surface area contributed by atoms with E-state index in [1.807, 2.05) is 72.8 Å². The predicted octanol–water partition coefficient (Wildman–Crippen LogP) is 7.51. The lowest BCUT2D eigenvalue weighted by molar-refractivity contribution is -0.120. The molecule has 5 rings (SSSR count). The highest BCUT2D eigenvalue weighted by molar-refractivity contribution is 5.75. The standard InChI is InChI=1S/C31H28O3/c32-22-34-30-17-15-26(21-28(30)24-12-6-2-7-13-24)31(18-8-3-9-19-31)25-14-16-29(33)27(20-25)23-10-4-1-5-11-23/h1-2,4-7,10-17,20-22,33H,3,8-9,18-19H2. The molecular formula is C31H28O3. The minimum Gasteiger partial charge on any atom is -0.507 e. The SMILES string of the molecule is O=COc1ccc(C2(c3ccc(O)c(-c4ccccc4)c3)CCCCC2)cc1-c1ccccc1. The van der Waals surface area contributed by atoms with Crippen molar-refractivity contribution in [3.05, 3.63) is 108 Å². The zero-order valence-electron chi connectivity index (χ0n) is 19.1.